The highest BCUT2D eigenvalue weighted by atomic mass is 32.2. The number of hydrogen-bond acceptors (Lipinski definition) is 7. The van der Waals surface area contributed by atoms with Crippen LogP contribution in [0.3, 0.4) is 0 Å². The Morgan fingerprint density at radius 3 is 2.50 bits per heavy atom. The van der Waals surface area contributed by atoms with Gasteiger partial charge in [0, 0.05) is 25.2 Å². The third kappa shape index (κ3) is 4.07. The number of rotatable bonds is 8. The van der Waals surface area contributed by atoms with E-state index < -0.39 is 10.0 Å². The molecular weight excluding hydrogens is 424 g/mol. The monoisotopic (exact) mass is 446 g/mol. The van der Waals surface area contributed by atoms with Crippen LogP contribution in [0.2, 0.25) is 0 Å². The normalized spacial score (nSPS) is 15.0. The largest absolute Gasteiger partial charge is 0.461 e. The first-order chi connectivity index (χ1) is 14.5. The molecule has 0 aliphatic carbocycles. The predicted octanol–water partition coefficient (Wildman–Crippen LogP) is 3.32. The Morgan fingerprint density at radius 1 is 1.13 bits per heavy atom. The number of benzene rings is 1. The number of ketones is 1. The lowest BCUT2D eigenvalue weighted by Crippen LogP contribution is -2.27. The molecule has 0 unspecified atom stereocenters. The molecule has 0 amide bonds. The highest BCUT2D eigenvalue weighted by Crippen LogP contribution is 2.25. The summed E-state index contributed by atoms with van der Waals surface area (Å²) in [5.41, 5.74) is 0.469. The maximum Gasteiger partial charge on any atom is 0.243 e. The van der Waals surface area contributed by atoms with Crippen molar-refractivity contribution in [1.29, 1.82) is 0 Å². The third-order valence-electron chi connectivity index (χ3n) is 4.99. The quantitative estimate of drug-likeness (QED) is 0.387. The fourth-order valence-corrected chi connectivity index (χ4v) is 5.79. The van der Waals surface area contributed by atoms with Crippen LogP contribution in [0.5, 0.6) is 0 Å². The minimum absolute atomic E-state index is 0.102. The molecule has 0 atom stereocenters. The predicted molar refractivity (Wildman–Crippen MR) is 113 cm³/mol. The molecule has 4 rings (SSSR count). The van der Waals surface area contributed by atoms with Crippen LogP contribution in [0.1, 0.15) is 30.1 Å². The standard InChI is InChI=1S/C20H22N4O4S2/c1-2-24-19(18-6-5-13-28-18)21-22-20(24)29-14-17(25)15-7-9-16(10-8-15)30(26,27)23-11-3-4-12-23/h5-10,13H,2-4,11-12,14H2,1H3. The maximum absolute atomic E-state index is 12.6. The van der Waals surface area contributed by atoms with Gasteiger partial charge in [0.05, 0.1) is 16.9 Å². The molecule has 10 heteroatoms. The third-order valence-corrected chi connectivity index (χ3v) is 7.87. The Labute approximate surface area is 179 Å². The first kappa shape index (κ1) is 20.8. The molecule has 0 spiro atoms. The van der Waals surface area contributed by atoms with E-state index in [2.05, 4.69) is 10.2 Å². The highest BCUT2D eigenvalue weighted by molar-refractivity contribution is 7.99. The van der Waals surface area contributed by atoms with Crippen LogP contribution in [0.15, 0.2) is 57.1 Å². The smallest absolute Gasteiger partial charge is 0.243 e. The maximum atomic E-state index is 12.6. The van der Waals surface area contributed by atoms with Crippen LogP contribution in [0.25, 0.3) is 11.6 Å². The van der Waals surface area contributed by atoms with Gasteiger partial charge >= 0.3 is 0 Å². The first-order valence-corrected chi connectivity index (χ1v) is 12.2. The summed E-state index contributed by atoms with van der Waals surface area (Å²) < 4.78 is 34.0. The molecule has 3 heterocycles. The summed E-state index contributed by atoms with van der Waals surface area (Å²) in [5, 5.41) is 8.98. The average Bonchev–Trinajstić information content (AvgIpc) is 3.53. The molecule has 1 saturated heterocycles. The van der Waals surface area contributed by atoms with Gasteiger partial charge in [0.1, 0.15) is 0 Å². The molecule has 2 aromatic heterocycles. The van der Waals surface area contributed by atoms with E-state index in [1.165, 1.54) is 28.2 Å². The number of nitrogens with zero attached hydrogens (tertiary/aromatic N) is 4. The molecule has 0 bridgehead atoms. The van der Waals surface area contributed by atoms with Crippen molar-refractivity contribution < 1.29 is 17.6 Å². The van der Waals surface area contributed by atoms with Crippen LogP contribution in [0, 0.1) is 0 Å². The summed E-state index contributed by atoms with van der Waals surface area (Å²) in [5.74, 6) is 1.32. The molecule has 0 radical (unpaired) electrons. The number of hydrogen-bond donors (Lipinski definition) is 0. The summed E-state index contributed by atoms with van der Waals surface area (Å²) in [6.45, 7) is 3.72. The zero-order valence-corrected chi connectivity index (χ0v) is 18.2. The zero-order valence-electron chi connectivity index (χ0n) is 16.5. The lowest BCUT2D eigenvalue weighted by atomic mass is 10.1. The number of thioether (sulfide) groups is 1. The van der Waals surface area contributed by atoms with Gasteiger partial charge < -0.3 is 4.42 Å². The van der Waals surface area contributed by atoms with Crippen molar-refractivity contribution in [3.63, 3.8) is 0 Å². The summed E-state index contributed by atoms with van der Waals surface area (Å²) in [6, 6.07) is 9.76. The van der Waals surface area contributed by atoms with Gasteiger partial charge in [0.2, 0.25) is 10.0 Å². The summed E-state index contributed by atoms with van der Waals surface area (Å²) in [4.78, 5) is 12.8. The Hall–Kier alpha value is -2.43. The van der Waals surface area contributed by atoms with Gasteiger partial charge in [-0.15, -0.1) is 10.2 Å². The number of carbonyl (C=O) groups is 1. The molecule has 1 fully saturated rings. The van der Waals surface area contributed by atoms with E-state index in [4.69, 9.17) is 4.42 Å². The number of carbonyl (C=O) groups excluding carboxylic acids is 1. The molecular formula is C20H22N4O4S2. The molecule has 158 valence electrons. The molecule has 1 aliphatic rings. The highest BCUT2D eigenvalue weighted by Gasteiger charge is 2.27. The fraction of sp³-hybridized carbons (Fsp3) is 0.350. The molecule has 8 nitrogen and oxygen atoms in total. The summed E-state index contributed by atoms with van der Waals surface area (Å²) >= 11 is 1.29. The van der Waals surface area contributed by atoms with Gasteiger partial charge in [-0.2, -0.15) is 4.31 Å². The molecule has 1 aromatic carbocycles. The van der Waals surface area contributed by atoms with E-state index in [0.29, 0.717) is 41.9 Å². The van der Waals surface area contributed by atoms with Crippen molar-refractivity contribution in [3.05, 3.63) is 48.2 Å². The van der Waals surface area contributed by atoms with Gasteiger partial charge in [-0.1, -0.05) is 23.9 Å². The van der Waals surface area contributed by atoms with E-state index in [9.17, 15) is 13.2 Å². The van der Waals surface area contributed by atoms with E-state index >= 15 is 0 Å². The SMILES string of the molecule is CCn1c(SCC(=O)c2ccc(S(=O)(=O)N3CCCC3)cc2)nnc1-c1ccco1. The lowest BCUT2D eigenvalue weighted by molar-refractivity contribution is 0.102. The fourth-order valence-electron chi connectivity index (χ4n) is 3.37. The Morgan fingerprint density at radius 2 is 1.87 bits per heavy atom. The van der Waals surface area contributed by atoms with Crippen molar-refractivity contribution in [2.75, 3.05) is 18.8 Å². The number of furan rings is 1. The van der Waals surface area contributed by atoms with E-state index in [1.807, 2.05) is 17.6 Å². The van der Waals surface area contributed by atoms with Crippen LogP contribution in [-0.2, 0) is 16.6 Å². The minimum atomic E-state index is -3.48. The van der Waals surface area contributed by atoms with E-state index in [0.717, 1.165) is 12.8 Å². The number of aromatic nitrogens is 3. The molecule has 1 aliphatic heterocycles. The topological polar surface area (TPSA) is 98.3 Å². The minimum Gasteiger partial charge on any atom is -0.461 e. The Kier molecular flexibility index (Phi) is 6.07. The van der Waals surface area contributed by atoms with Crippen molar-refractivity contribution >= 4 is 27.6 Å². The molecule has 0 saturated carbocycles. The average molecular weight is 447 g/mol. The second kappa shape index (κ2) is 8.75. The van der Waals surface area contributed by atoms with Crippen molar-refractivity contribution in [1.82, 2.24) is 19.1 Å². The van der Waals surface area contributed by atoms with Gasteiger partial charge in [0.25, 0.3) is 0 Å². The van der Waals surface area contributed by atoms with Crippen molar-refractivity contribution in [3.8, 4) is 11.6 Å². The second-order valence-corrected chi connectivity index (χ2v) is 9.76. The van der Waals surface area contributed by atoms with Gasteiger partial charge in [-0.25, -0.2) is 8.42 Å². The second-order valence-electron chi connectivity index (χ2n) is 6.88. The van der Waals surface area contributed by atoms with Gasteiger partial charge in [-0.3, -0.25) is 9.36 Å². The van der Waals surface area contributed by atoms with Gasteiger partial charge in [-0.05, 0) is 44.0 Å². The van der Waals surface area contributed by atoms with Gasteiger partial charge in [0.15, 0.2) is 22.5 Å². The van der Waals surface area contributed by atoms with Crippen LogP contribution < -0.4 is 0 Å². The Balaban J connectivity index is 1.44. The summed E-state index contributed by atoms with van der Waals surface area (Å²) in [6.07, 6.45) is 3.35. The number of Topliss-reactive ketones (excluding diaryl/α,β-unsaturated/α-hetero) is 1. The van der Waals surface area contributed by atoms with Crippen molar-refractivity contribution in [2.24, 2.45) is 0 Å². The zero-order chi connectivity index (χ0) is 21.1. The van der Waals surface area contributed by atoms with Crippen LogP contribution in [0.4, 0.5) is 0 Å². The Bertz CT molecular complexity index is 1120. The molecule has 0 N–H and O–H groups in total. The number of sulfonamides is 1. The van der Waals surface area contributed by atoms with E-state index in [1.54, 1.807) is 24.5 Å². The molecule has 3 aromatic rings. The van der Waals surface area contributed by atoms with Crippen LogP contribution >= 0.6 is 11.8 Å². The lowest BCUT2D eigenvalue weighted by Gasteiger charge is -2.15. The first-order valence-electron chi connectivity index (χ1n) is 9.74. The van der Waals surface area contributed by atoms with Crippen molar-refractivity contribution in [2.45, 2.75) is 36.4 Å². The molecule has 30 heavy (non-hydrogen) atoms. The van der Waals surface area contributed by atoms with Crippen LogP contribution in [-0.4, -0.2) is 52.1 Å². The van der Waals surface area contributed by atoms with E-state index in [-0.39, 0.29) is 16.4 Å². The summed E-state index contributed by atoms with van der Waals surface area (Å²) in [7, 11) is -3.48.